The van der Waals surface area contributed by atoms with Crippen LogP contribution in [0.3, 0.4) is 0 Å². The standard InChI is InChI=1S/C38H55N3O10S/c1-24(9-16-33-25(2)19-32(27(4)50-33)39-35(43)18-11-26(3)49-28(5)42)10-17-34-37(45)38(23-48-38)21-30(51-34)20-36(44)41(8)22-29-12-14-31(15-13-29)52(46,47)40(6)7/h9-15,17-18,25-27,30,32-34,37,45H,16,19-23H2,1-8H3,(H,39,43)/b17-10+,18-11-,24-9+/t25-,26?,27+,30+,32+,33-,34+,37+,38+/m0/s1. The van der Waals surface area contributed by atoms with Gasteiger partial charge in [-0.2, -0.15) is 0 Å². The topological polar surface area (TPSA) is 164 Å². The first-order valence-electron chi connectivity index (χ1n) is 17.8. The largest absolute Gasteiger partial charge is 0.459 e. The monoisotopic (exact) mass is 745 g/mol. The van der Waals surface area contributed by atoms with Crippen LogP contribution in [0.1, 0.15) is 65.9 Å². The van der Waals surface area contributed by atoms with E-state index in [9.17, 15) is 27.9 Å². The lowest BCUT2D eigenvalue weighted by Gasteiger charge is -2.39. The highest BCUT2D eigenvalue weighted by Crippen LogP contribution is 2.43. The molecule has 9 atom stereocenters. The smallest absolute Gasteiger partial charge is 0.303 e. The molecule has 4 rings (SSSR count). The van der Waals surface area contributed by atoms with Gasteiger partial charge in [-0.05, 0) is 63.3 Å². The number of benzene rings is 1. The number of carbonyl (C=O) groups excluding carboxylic acids is 3. The van der Waals surface area contributed by atoms with Crippen LogP contribution in [-0.4, -0.2) is 117 Å². The van der Waals surface area contributed by atoms with Gasteiger partial charge in [0, 0.05) is 47.1 Å². The van der Waals surface area contributed by atoms with Crippen molar-refractivity contribution in [1.29, 1.82) is 0 Å². The Balaban J connectivity index is 1.28. The number of hydrogen-bond acceptors (Lipinski definition) is 10. The lowest BCUT2D eigenvalue weighted by atomic mass is 9.87. The van der Waals surface area contributed by atoms with Gasteiger partial charge in [0.1, 0.15) is 23.9 Å². The van der Waals surface area contributed by atoms with E-state index in [0.29, 0.717) is 26.0 Å². The number of hydrogen-bond donors (Lipinski definition) is 2. The molecule has 13 nitrogen and oxygen atoms in total. The molecule has 3 fully saturated rings. The van der Waals surface area contributed by atoms with Crippen molar-refractivity contribution in [3.05, 3.63) is 65.8 Å². The summed E-state index contributed by atoms with van der Waals surface area (Å²) in [4.78, 5) is 38.5. The van der Waals surface area contributed by atoms with Crippen LogP contribution in [0.2, 0.25) is 0 Å². The summed E-state index contributed by atoms with van der Waals surface area (Å²) >= 11 is 0. The molecule has 1 aromatic carbocycles. The van der Waals surface area contributed by atoms with Crippen molar-refractivity contribution >= 4 is 27.8 Å². The average Bonchev–Trinajstić information content (AvgIpc) is 3.85. The molecule has 3 aliphatic heterocycles. The van der Waals surface area contributed by atoms with Gasteiger partial charge in [0.2, 0.25) is 21.8 Å². The highest BCUT2D eigenvalue weighted by molar-refractivity contribution is 7.89. The molecule has 52 heavy (non-hydrogen) atoms. The van der Waals surface area contributed by atoms with E-state index in [2.05, 4.69) is 18.3 Å². The Hall–Kier alpha value is -3.40. The molecule has 0 aromatic heterocycles. The van der Waals surface area contributed by atoms with Gasteiger partial charge in [-0.15, -0.1) is 0 Å². The van der Waals surface area contributed by atoms with Crippen LogP contribution < -0.4 is 5.32 Å². The predicted octanol–water partition coefficient (Wildman–Crippen LogP) is 3.27. The number of nitrogens with zero attached hydrogens (tertiary/aromatic N) is 2. The lowest BCUT2D eigenvalue weighted by molar-refractivity contribution is -0.150. The van der Waals surface area contributed by atoms with E-state index in [0.717, 1.165) is 21.9 Å². The van der Waals surface area contributed by atoms with Crippen LogP contribution in [-0.2, 0) is 49.9 Å². The minimum atomic E-state index is -3.54. The second kappa shape index (κ2) is 17.6. The number of allylic oxidation sites excluding steroid dienone is 2. The zero-order valence-electron chi connectivity index (χ0n) is 31.5. The van der Waals surface area contributed by atoms with Crippen molar-refractivity contribution in [3.8, 4) is 0 Å². The van der Waals surface area contributed by atoms with E-state index >= 15 is 0 Å². The summed E-state index contributed by atoms with van der Waals surface area (Å²) in [5, 5.41) is 14.1. The van der Waals surface area contributed by atoms with Crippen LogP contribution in [0.25, 0.3) is 0 Å². The summed E-state index contributed by atoms with van der Waals surface area (Å²) in [6.07, 6.45) is 7.96. The van der Waals surface area contributed by atoms with Crippen molar-refractivity contribution in [2.45, 2.75) is 120 Å². The van der Waals surface area contributed by atoms with Gasteiger partial charge < -0.3 is 34.3 Å². The number of epoxide rings is 1. The highest BCUT2D eigenvalue weighted by Gasteiger charge is 2.58. The first-order chi connectivity index (χ1) is 24.4. The SMILES string of the molecule is CC(=O)OC(C)/C=C\C(=O)N[C@@H]1C[C@H](C)[C@H](C/C=C(C)/C=C/[C@H]2O[C@H](CC(=O)N(C)Cc3ccc(S(=O)(=O)N(C)C)cc3)C[C@@]3(CO3)[C@@H]2O)O[C@@H]1C. The molecule has 1 unspecified atom stereocenters. The number of carbonyl (C=O) groups is 3. The van der Waals surface area contributed by atoms with Crippen molar-refractivity contribution < 1.29 is 46.9 Å². The molecule has 0 saturated carbocycles. The Morgan fingerprint density at radius 1 is 1.10 bits per heavy atom. The van der Waals surface area contributed by atoms with Crippen LogP contribution in [0.5, 0.6) is 0 Å². The fraction of sp³-hybridized carbons (Fsp3) is 0.605. The van der Waals surface area contributed by atoms with Crippen LogP contribution >= 0.6 is 0 Å². The summed E-state index contributed by atoms with van der Waals surface area (Å²) in [5.41, 5.74) is 1.03. The molecule has 288 valence electrons. The minimum Gasteiger partial charge on any atom is -0.459 e. The first kappa shape index (κ1) is 41.4. The molecular weight excluding hydrogens is 690 g/mol. The molecule has 2 N–H and O–H groups in total. The number of sulfonamides is 1. The third-order valence-electron chi connectivity index (χ3n) is 9.87. The van der Waals surface area contributed by atoms with Crippen molar-refractivity contribution in [1.82, 2.24) is 14.5 Å². The Morgan fingerprint density at radius 2 is 1.77 bits per heavy atom. The average molecular weight is 746 g/mol. The number of esters is 1. The second-order valence-corrected chi connectivity index (χ2v) is 16.7. The predicted molar refractivity (Wildman–Crippen MR) is 194 cm³/mol. The van der Waals surface area contributed by atoms with Gasteiger partial charge in [-0.25, -0.2) is 12.7 Å². The maximum absolute atomic E-state index is 13.2. The van der Waals surface area contributed by atoms with E-state index in [1.807, 2.05) is 26.0 Å². The van der Waals surface area contributed by atoms with Crippen LogP contribution in [0, 0.1) is 5.92 Å². The molecule has 0 radical (unpaired) electrons. The van der Waals surface area contributed by atoms with E-state index in [1.165, 1.54) is 39.2 Å². The zero-order chi connectivity index (χ0) is 38.4. The molecule has 1 spiro atoms. The number of rotatable bonds is 14. The first-order valence-corrected chi connectivity index (χ1v) is 19.2. The van der Waals surface area contributed by atoms with Gasteiger partial charge in [-0.1, -0.05) is 42.9 Å². The number of aliphatic hydroxyl groups excluding tert-OH is 1. The molecule has 1 aromatic rings. The van der Waals surface area contributed by atoms with E-state index in [-0.39, 0.29) is 47.3 Å². The summed E-state index contributed by atoms with van der Waals surface area (Å²) in [6.45, 7) is 9.73. The number of aliphatic hydroxyl groups is 1. The molecule has 2 amide bonds. The van der Waals surface area contributed by atoms with Gasteiger partial charge in [0.05, 0.1) is 42.3 Å². The van der Waals surface area contributed by atoms with Gasteiger partial charge in [0.25, 0.3) is 0 Å². The fourth-order valence-electron chi connectivity index (χ4n) is 6.58. The number of ether oxygens (including phenoxy) is 4. The molecule has 0 bridgehead atoms. The van der Waals surface area contributed by atoms with Crippen molar-refractivity contribution in [3.63, 3.8) is 0 Å². The summed E-state index contributed by atoms with van der Waals surface area (Å²) < 4.78 is 49.2. The molecule has 3 saturated heterocycles. The molecule has 3 aliphatic rings. The van der Waals surface area contributed by atoms with Crippen LogP contribution in [0.4, 0.5) is 0 Å². The summed E-state index contributed by atoms with van der Waals surface area (Å²) in [5.74, 6) is -0.625. The highest BCUT2D eigenvalue weighted by atomic mass is 32.2. The molecule has 3 heterocycles. The van der Waals surface area contributed by atoms with Crippen molar-refractivity contribution in [2.75, 3.05) is 27.7 Å². The summed E-state index contributed by atoms with van der Waals surface area (Å²) in [6, 6.07) is 6.32. The maximum atomic E-state index is 13.2. The Morgan fingerprint density at radius 3 is 2.38 bits per heavy atom. The van der Waals surface area contributed by atoms with E-state index in [1.54, 1.807) is 37.1 Å². The number of amides is 2. The zero-order valence-corrected chi connectivity index (χ0v) is 32.3. The maximum Gasteiger partial charge on any atom is 0.303 e. The van der Waals surface area contributed by atoms with E-state index < -0.39 is 46.0 Å². The van der Waals surface area contributed by atoms with E-state index in [4.69, 9.17) is 18.9 Å². The van der Waals surface area contributed by atoms with Crippen molar-refractivity contribution in [2.24, 2.45) is 5.92 Å². The Kier molecular flexibility index (Phi) is 14.0. The van der Waals surface area contributed by atoms with Gasteiger partial charge in [-0.3, -0.25) is 14.4 Å². The van der Waals surface area contributed by atoms with Gasteiger partial charge >= 0.3 is 5.97 Å². The van der Waals surface area contributed by atoms with Crippen LogP contribution in [0.15, 0.2) is 65.1 Å². The fourth-order valence-corrected chi connectivity index (χ4v) is 7.48. The third kappa shape index (κ3) is 11.1. The lowest BCUT2D eigenvalue weighted by Crippen LogP contribution is -2.51. The molecule has 0 aliphatic carbocycles. The minimum absolute atomic E-state index is 0.0397. The molecular formula is C38H55N3O10S. The van der Waals surface area contributed by atoms with Gasteiger partial charge in [0.15, 0.2) is 0 Å². The Labute approximate surface area is 308 Å². The molecule has 14 heteroatoms. The second-order valence-electron chi connectivity index (χ2n) is 14.5. The number of nitrogens with one attached hydrogen (secondary N) is 1. The summed E-state index contributed by atoms with van der Waals surface area (Å²) in [7, 11) is 1.11. The normalized spacial score (nSPS) is 30.1. The third-order valence-corrected chi connectivity index (χ3v) is 11.7. The quantitative estimate of drug-likeness (QED) is 0.125. The Bertz CT molecular complexity index is 1620.